The highest BCUT2D eigenvalue weighted by atomic mass is 79.9. The maximum atomic E-state index is 12.9. The fraction of sp³-hybridized carbons (Fsp3) is 0.500. The minimum absolute atomic E-state index is 0.0247. The van der Waals surface area contributed by atoms with Crippen LogP contribution in [0, 0.1) is 0 Å². The fourth-order valence-corrected chi connectivity index (χ4v) is 2.55. The maximum absolute atomic E-state index is 12.9. The summed E-state index contributed by atoms with van der Waals surface area (Å²) in [6, 6.07) is 3.69. The number of halogens is 4. The molecule has 1 saturated carbocycles. The average Bonchev–Trinajstić information content (AvgIpc) is 2.66. The van der Waals surface area contributed by atoms with Crippen LogP contribution in [-0.2, 0) is 6.18 Å². The smallest absolute Gasteiger partial charge is 0.391 e. The number of rotatable bonds is 2. The normalized spacial score (nSPS) is 24.3. The van der Waals surface area contributed by atoms with Gasteiger partial charge in [-0.25, -0.2) is 0 Å². The molecule has 0 radical (unpaired) electrons. The minimum Gasteiger partial charge on any atom is -0.391 e. The molecular weight excluding hydrogens is 311 g/mol. The SMILES string of the molecule is OC1CCCC1Nc1ccc(Br)cc1C(F)(F)F. The molecular formula is C12H13BrF3NO. The Morgan fingerprint density at radius 3 is 2.56 bits per heavy atom. The lowest BCUT2D eigenvalue weighted by Gasteiger charge is -2.21. The van der Waals surface area contributed by atoms with Crippen LogP contribution in [0.2, 0.25) is 0 Å². The first-order valence-corrected chi connectivity index (χ1v) is 6.48. The largest absolute Gasteiger partial charge is 0.418 e. The van der Waals surface area contributed by atoms with Crippen LogP contribution in [0.1, 0.15) is 24.8 Å². The number of aliphatic hydroxyl groups excluding tert-OH is 1. The predicted octanol–water partition coefficient (Wildman–Crippen LogP) is 3.79. The molecule has 0 aromatic heterocycles. The molecule has 100 valence electrons. The molecule has 1 aliphatic rings. The molecule has 0 bridgehead atoms. The van der Waals surface area contributed by atoms with E-state index in [2.05, 4.69) is 21.2 Å². The third kappa shape index (κ3) is 2.98. The van der Waals surface area contributed by atoms with Gasteiger partial charge in [0.25, 0.3) is 0 Å². The minimum atomic E-state index is -4.41. The van der Waals surface area contributed by atoms with Gasteiger partial charge in [0.15, 0.2) is 0 Å². The van der Waals surface area contributed by atoms with Crippen molar-refractivity contribution in [2.75, 3.05) is 5.32 Å². The first-order valence-electron chi connectivity index (χ1n) is 5.69. The molecule has 0 spiro atoms. The zero-order chi connectivity index (χ0) is 13.3. The highest BCUT2D eigenvalue weighted by molar-refractivity contribution is 9.10. The Kier molecular flexibility index (Phi) is 3.87. The predicted molar refractivity (Wildman–Crippen MR) is 66.4 cm³/mol. The molecule has 0 amide bonds. The molecule has 1 fully saturated rings. The Balaban J connectivity index is 2.27. The molecule has 6 heteroatoms. The van der Waals surface area contributed by atoms with Gasteiger partial charge in [-0.2, -0.15) is 13.2 Å². The van der Waals surface area contributed by atoms with E-state index < -0.39 is 17.8 Å². The van der Waals surface area contributed by atoms with Gasteiger partial charge in [-0.3, -0.25) is 0 Å². The van der Waals surface area contributed by atoms with Crippen LogP contribution < -0.4 is 5.32 Å². The number of aliphatic hydroxyl groups is 1. The number of hydrogen-bond donors (Lipinski definition) is 2. The van der Waals surface area contributed by atoms with E-state index in [0.717, 1.165) is 12.5 Å². The molecule has 1 aliphatic carbocycles. The number of benzene rings is 1. The number of alkyl halides is 3. The molecule has 0 saturated heterocycles. The van der Waals surface area contributed by atoms with Crippen LogP contribution in [0.15, 0.2) is 22.7 Å². The Morgan fingerprint density at radius 2 is 2.00 bits per heavy atom. The Bertz CT molecular complexity index is 436. The van der Waals surface area contributed by atoms with Gasteiger partial charge in [-0.05, 0) is 37.5 Å². The second-order valence-electron chi connectivity index (χ2n) is 4.44. The molecule has 2 N–H and O–H groups in total. The van der Waals surface area contributed by atoms with E-state index >= 15 is 0 Å². The molecule has 0 aliphatic heterocycles. The first kappa shape index (κ1) is 13.7. The highest BCUT2D eigenvalue weighted by Crippen LogP contribution is 2.37. The van der Waals surface area contributed by atoms with Gasteiger partial charge in [0.1, 0.15) is 0 Å². The van der Waals surface area contributed by atoms with Crippen LogP contribution in [0.3, 0.4) is 0 Å². The second-order valence-corrected chi connectivity index (χ2v) is 5.35. The van der Waals surface area contributed by atoms with Gasteiger partial charge in [0.2, 0.25) is 0 Å². The summed E-state index contributed by atoms with van der Waals surface area (Å²) < 4.78 is 39.0. The lowest BCUT2D eigenvalue weighted by atomic mass is 10.1. The number of nitrogens with one attached hydrogen (secondary N) is 1. The summed E-state index contributed by atoms with van der Waals surface area (Å²) in [7, 11) is 0. The number of hydrogen-bond acceptors (Lipinski definition) is 2. The van der Waals surface area contributed by atoms with Crippen LogP contribution in [0.5, 0.6) is 0 Å². The molecule has 2 nitrogen and oxygen atoms in total. The second kappa shape index (κ2) is 5.09. The van der Waals surface area contributed by atoms with Crippen molar-refractivity contribution in [3.8, 4) is 0 Å². The molecule has 2 rings (SSSR count). The van der Waals surface area contributed by atoms with Crippen molar-refractivity contribution < 1.29 is 18.3 Å². The lowest BCUT2D eigenvalue weighted by Crippen LogP contribution is -2.29. The van der Waals surface area contributed by atoms with E-state index in [-0.39, 0.29) is 11.7 Å². The zero-order valence-electron chi connectivity index (χ0n) is 9.47. The summed E-state index contributed by atoms with van der Waals surface area (Å²) in [5.74, 6) is 0. The van der Waals surface area contributed by atoms with Crippen molar-refractivity contribution in [2.45, 2.75) is 37.6 Å². The van der Waals surface area contributed by atoms with Gasteiger partial charge in [-0.1, -0.05) is 15.9 Å². The fourth-order valence-electron chi connectivity index (χ4n) is 2.19. The first-order chi connectivity index (χ1) is 8.38. The third-order valence-electron chi connectivity index (χ3n) is 3.11. The van der Waals surface area contributed by atoms with Gasteiger partial charge >= 0.3 is 6.18 Å². The van der Waals surface area contributed by atoms with Crippen molar-refractivity contribution in [3.05, 3.63) is 28.2 Å². The van der Waals surface area contributed by atoms with E-state index in [1.165, 1.54) is 6.07 Å². The van der Waals surface area contributed by atoms with E-state index in [4.69, 9.17) is 0 Å². The summed E-state index contributed by atoms with van der Waals surface area (Å²) in [5, 5.41) is 12.4. The summed E-state index contributed by atoms with van der Waals surface area (Å²) in [6.45, 7) is 0. The molecule has 2 atom stereocenters. The maximum Gasteiger partial charge on any atom is 0.418 e. The third-order valence-corrected chi connectivity index (χ3v) is 3.60. The van der Waals surface area contributed by atoms with E-state index in [0.29, 0.717) is 17.3 Å². The zero-order valence-corrected chi connectivity index (χ0v) is 11.1. The Morgan fingerprint density at radius 1 is 1.28 bits per heavy atom. The molecule has 1 aromatic rings. The van der Waals surface area contributed by atoms with Crippen LogP contribution in [-0.4, -0.2) is 17.3 Å². The Labute approximate surface area is 111 Å². The van der Waals surface area contributed by atoms with Crippen molar-refractivity contribution in [2.24, 2.45) is 0 Å². The summed E-state index contributed by atoms with van der Waals surface area (Å²) >= 11 is 3.04. The molecule has 1 aromatic carbocycles. The average molecular weight is 324 g/mol. The lowest BCUT2D eigenvalue weighted by molar-refractivity contribution is -0.137. The van der Waals surface area contributed by atoms with Gasteiger partial charge in [0.05, 0.1) is 17.7 Å². The number of anilines is 1. The van der Waals surface area contributed by atoms with Gasteiger partial charge < -0.3 is 10.4 Å². The van der Waals surface area contributed by atoms with Crippen molar-refractivity contribution >= 4 is 21.6 Å². The van der Waals surface area contributed by atoms with Crippen LogP contribution >= 0.6 is 15.9 Å². The summed E-state index contributed by atoms with van der Waals surface area (Å²) in [6.07, 6.45) is -2.83. The Hall–Kier alpha value is -0.750. The quantitative estimate of drug-likeness (QED) is 0.867. The van der Waals surface area contributed by atoms with Crippen LogP contribution in [0.25, 0.3) is 0 Å². The molecule has 0 heterocycles. The highest BCUT2D eigenvalue weighted by Gasteiger charge is 2.35. The topological polar surface area (TPSA) is 32.3 Å². The monoisotopic (exact) mass is 323 g/mol. The van der Waals surface area contributed by atoms with Crippen LogP contribution in [0.4, 0.5) is 18.9 Å². The molecule has 2 unspecified atom stereocenters. The van der Waals surface area contributed by atoms with E-state index in [1.54, 1.807) is 6.07 Å². The summed E-state index contributed by atoms with van der Waals surface area (Å²) in [4.78, 5) is 0. The van der Waals surface area contributed by atoms with Gasteiger partial charge in [0, 0.05) is 10.2 Å². The standard InChI is InChI=1S/C12H13BrF3NO/c13-7-4-5-9(8(6-7)12(14,15)16)17-10-2-1-3-11(10)18/h4-6,10-11,17-18H,1-3H2. The van der Waals surface area contributed by atoms with Crippen molar-refractivity contribution in [1.29, 1.82) is 0 Å². The van der Waals surface area contributed by atoms with E-state index in [9.17, 15) is 18.3 Å². The van der Waals surface area contributed by atoms with Crippen molar-refractivity contribution in [3.63, 3.8) is 0 Å². The van der Waals surface area contributed by atoms with Crippen molar-refractivity contribution in [1.82, 2.24) is 0 Å². The molecule has 18 heavy (non-hydrogen) atoms. The van der Waals surface area contributed by atoms with Gasteiger partial charge in [-0.15, -0.1) is 0 Å². The summed E-state index contributed by atoms with van der Waals surface area (Å²) in [5.41, 5.74) is -0.687. The van der Waals surface area contributed by atoms with E-state index in [1.807, 2.05) is 0 Å².